The lowest BCUT2D eigenvalue weighted by molar-refractivity contribution is -0.153. The van der Waals surface area contributed by atoms with Gasteiger partial charge in [0.15, 0.2) is 0 Å². The van der Waals surface area contributed by atoms with Gasteiger partial charge in [0.1, 0.15) is 17.0 Å². The maximum absolute atomic E-state index is 13.3. The third kappa shape index (κ3) is 4.23. The molecule has 0 spiro atoms. The number of benzene rings is 1. The van der Waals surface area contributed by atoms with E-state index in [0.29, 0.717) is 0 Å². The van der Waals surface area contributed by atoms with Gasteiger partial charge < -0.3 is 0 Å². The Bertz CT molecular complexity index is 877. The lowest BCUT2D eigenvalue weighted by atomic mass is 10.1. The van der Waals surface area contributed by atoms with Crippen LogP contribution >= 0.6 is 11.6 Å². The number of hydrogen-bond acceptors (Lipinski definition) is 4. The molecular formula is C14H9ClF3N3O2S. The van der Waals surface area contributed by atoms with E-state index in [-0.39, 0.29) is 16.1 Å². The van der Waals surface area contributed by atoms with E-state index in [4.69, 9.17) is 16.9 Å². The van der Waals surface area contributed by atoms with Crippen LogP contribution in [0.5, 0.6) is 0 Å². The molecule has 1 aromatic heterocycles. The van der Waals surface area contributed by atoms with E-state index >= 15 is 0 Å². The van der Waals surface area contributed by atoms with Crippen LogP contribution in [-0.4, -0.2) is 19.6 Å². The molecule has 1 aromatic carbocycles. The molecule has 1 atom stereocenters. The minimum atomic E-state index is -4.87. The molecule has 0 amide bonds. The number of rotatable bonds is 4. The van der Waals surface area contributed by atoms with E-state index in [2.05, 4.69) is 4.98 Å². The molecule has 24 heavy (non-hydrogen) atoms. The van der Waals surface area contributed by atoms with E-state index < -0.39 is 27.1 Å². The molecule has 0 unspecified atom stereocenters. The first kappa shape index (κ1) is 18.2. The van der Waals surface area contributed by atoms with E-state index in [1.54, 1.807) is 10.8 Å². The van der Waals surface area contributed by atoms with Crippen molar-refractivity contribution in [1.29, 1.82) is 5.26 Å². The van der Waals surface area contributed by atoms with Crippen LogP contribution in [0.1, 0.15) is 17.2 Å². The van der Waals surface area contributed by atoms with Gasteiger partial charge in [-0.25, -0.2) is 8.42 Å². The van der Waals surface area contributed by atoms with E-state index in [0.717, 1.165) is 30.6 Å². The SMILES string of the molecule is N#Cc1cncc(S(=O)(=O)N[C@H](c2ccc(Cl)cc2)C(F)(F)F)c1. The van der Waals surface area contributed by atoms with Crippen LogP contribution in [0, 0.1) is 11.3 Å². The molecule has 2 rings (SSSR count). The predicted molar refractivity (Wildman–Crippen MR) is 79.5 cm³/mol. The van der Waals surface area contributed by atoms with Gasteiger partial charge in [-0.2, -0.15) is 23.2 Å². The number of nitrogens with zero attached hydrogens (tertiary/aromatic N) is 2. The van der Waals surface area contributed by atoms with Crippen LogP contribution in [0.3, 0.4) is 0 Å². The highest BCUT2D eigenvalue weighted by Crippen LogP contribution is 2.34. The average molecular weight is 376 g/mol. The number of hydrogen-bond donors (Lipinski definition) is 1. The first-order chi connectivity index (χ1) is 11.1. The number of aromatic nitrogens is 1. The first-order valence-electron chi connectivity index (χ1n) is 6.33. The summed E-state index contributed by atoms with van der Waals surface area (Å²) in [4.78, 5) is 3.00. The van der Waals surface area contributed by atoms with Crippen LogP contribution in [0.15, 0.2) is 47.6 Å². The van der Waals surface area contributed by atoms with Gasteiger partial charge in [0.25, 0.3) is 0 Å². The summed E-state index contributed by atoms with van der Waals surface area (Å²) in [5.74, 6) is 0. The predicted octanol–water partition coefficient (Wildman–Crippen LogP) is 3.19. The third-order valence-corrected chi connectivity index (χ3v) is 4.60. The maximum Gasteiger partial charge on any atom is 0.408 e. The van der Waals surface area contributed by atoms with Gasteiger partial charge in [0.05, 0.1) is 5.56 Å². The second kappa shape index (κ2) is 6.76. The lowest BCUT2D eigenvalue weighted by Crippen LogP contribution is -2.38. The van der Waals surface area contributed by atoms with Gasteiger partial charge >= 0.3 is 6.18 Å². The fourth-order valence-corrected chi connectivity index (χ4v) is 3.15. The fourth-order valence-electron chi connectivity index (χ4n) is 1.83. The van der Waals surface area contributed by atoms with Crippen molar-refractivity contribution in [3.05, 3.63) is 58.9 Å². The Morgan fingerprint density at radius 3 is 2.38 bits per heavy atom. The zero-order valence-corrected chi connectivity index (χ0v) is 13.3. The minimum absolute atomic E-state index is 0.0899. The highest BCUT2D eigenvalue weighted by Gasteiger charge is 2.43. The third-order valence-electron chi connectivity index (χ3n) is 2.96. The summed E-state index contributed by atoms with van der Waals surface area (Å²) in [6, 6.07) is 4.74. The molecule has 1 N–H and O–H groups in total. The normalized spacial score (nSPS) is 13.3. The van der Waals surface area contributed by atoms with Crippen molar-refractivity contribution < 1.29 is 21.6 Å². The minimum Gasteiger partial charge on any atom is -0.262 e. The Morgan fingerprint density at radius 2 is 1.83 bits per heavy atom. The summed E-state index contributed by atoms with van der Waals surface area (Å²) in [5.41, 5.74) is -0.409. The number of pyridine rings is 1. The Balaban J connectivity index is 2.42. The molecule has 0 radical (unpaired) electrons. The Hall–Kier alpha value is -2.15. The number of nitriles is 1. The molecule has 0 aliphatic heterocycles. The molecule has 0 fully saturated rings. The highest BCUT2D eigenvalue weighted by molar-refractivity contribution is 7.89. The second-order valence-electron chi connectivity index (χ2n) is 4.67. The van der Waals surface area contributed by atoms with Crippen LogP contribution in [0.2, 0.25) is 5.02 Å². The fraction of sp³-hybridized carbons (Fsp3) is 0.143. The number of alkyl halides is 3. The number of nitrogens with one attached hydrogen (secondary N) is 1. The van der Waals surface area contributed by atoms with Gasteiger partial charge in [0, 0.05) is 17.4 Å². The van der Waals surface area contributed by atoms with Crippen LogP contribution in [0.25, 0.3) is 0 Å². The molecular weight excluding hydrogens is 367 g/mol. The van der Waals surface area contributed by atoms with Gasteiger partial charge in [-0.3, -0.25) is 4.98 Å². The number of sulfonamides is 1. The van der Waals surface area contributed by atoms with Crippen molar-refractivity contribution in [2.24, 2.45) is 0 Å². The lowest BCUT2D eigenvalue weighted by Gasteiger charge is -2.22. The van der Waals surface area contributed by atoms with Crippen molar-refractivity contribution in [3.63, 3.8) is 0 Å². The maximum atomic E-state index is 13.3. The van der Waals surface area contributed by atoms with Crippen molar-refractivity contribution in [3.8, 4) is 6.07 Å². The molecule has 0 saturated carbocycles. The van der Waals surface area contributed by atoms with Crippen molar-refractivity contribution in [2.75, 3.05) is 0 Å². The highest BCUT2D eigenvalue weighted by atomic mass is 35.5. The van der Waals surface area contributed by atoms with Crippen molar-refractivity contribution in [2.45, 2.75) is 17.1 Å². The molecule has 1 heterocycles. The zero-order chi connectivity index (χ0) is 18.0. The first-order valence-corrected chi connectivity index (χ1v) is 8.19. The molecule has 0 aliphatic carbocycles. The summed E-state index contributed by atoms with van der Waals surface area (Å²) in [6.07, 6.45) is -2.92. The molecule has 10 heteroatoms. The summed E-state index contributed by atoms with van der Waals surface area (Å²) < 4.78 is 65.8. The van der Waals surface area contributed by atoms with Gasteiger partial charge in [-0.05, 0) is 23.8 Å². The van der Waals surface area contributed by atoms with Crippen LogP contribution < -0.4 is 4.72 Å². The smallest absolute Gasteiger partial charge is 0.262 e. The van der Waals surface area contributed by atoms with Gasteiger partial charge in [-0.15, -0.1) is 0 Å². The Kier molecular flexibility index (Phi) is 5.13. The Labute approximate surface area is 140 Å². The molecule has 0 bridgehead atoms. The van der Waals surface area contributed by atoms with Gasteiger partial charge in [0.2, 0.25) is 10.0 Å². The standard InChI is InChI=1S/C14H9ClF3N3O2S/c15-11-3-1-10(2-4-11)13(14(16,17)18)21-24(22,23)12-5-9(6-19)7-20-8-12/h1-5,7-8,13,21H/t13-/m1/s1. The van der Waals surface area contributed by atoms with E-state index in [9.17, 15) is 21.6 Å². The summed E-state index contributed by atoms with van der Waals surface area (Å²) in [6.45, 7) is 0. The molecule has 0 saturated heterocycles. The zero-order valence-electron chi connectivity index (χ0n) is 11.7. The number of halogens is 4. The second-order valence-corrected chi connectivity index (χ2v) is 6.82. The summed E-state index contributed by atoms with van der Waals surface area (Å²) in [7, 11) is -4.55. The Morgan fingerprint density at radius 1 is 1.21 bits per heavy atom. The largest absolute Gasteiger partial charge is 0.408 e. The topological polar surface area (TPSA) is 82.8 Å². The van der Waals surface area contributed by atoms with Gasteiger partial charge in [-0.1, -0.05) is 23.7 Å². The van der Waals surface area contributed by atoms with Crippen LogP contribution in [0.4, 0.5) is 13.2 Å². The molecule has 5 nitrogen and oxygen atoms in total. The van der Waals surface area contributed by atoms with E-state index in [1.165, 1.54) is 12.1 Å². The summed E-state index contributed by atoms with van der Waals surface area (Å²) in [5, 5.41) is 8.96. The van der Waals surface area contributed by atoms with Crippen molar-refractivity contribution in [1.82, 2.24) is 9.71 Å². The average Bonchev–Trinajstić information content (AvgIpc) is 2.53. The van der Waals surface area contributed by atoms with E-state index in [1.807, 2.05) is 0 Å². The van der Waals surface area contributed by atoms with Crippen LogP contribution in [-0.2, 0) is 10.0 Å². The van der Waals surface area contributed by atoms with Crippen molar-refractivity contribution >= 4 is 21.6 Å². The molecule has 0 aliphatic rings. The monoisotopic (exact) mass is 375 g/mol. The quantitative estimate of drug-likeness (QED) is 0.889. The molecule has 126 valence electrons. The molecule has 2 aromatic rings. The summed E-state index contributed by atoms with van der Waals surface area (Å²) >= 11 is 5.63.